The zero-order chi connectivity index (χ0) is 35.8. The Bertz CT molecular complexity index is 2110. The third-order valence-corrected chi connectivity index (χ3v) is 9.96. The molecule has 0 atom stereocenters. The van der Waals surface area contributed by atoms with Gasteiger partial charge in [-0.15, -0.1) is 10.2 Å². The van der Waals surface area contributed by atoms with Crippen LogP contribution in [0.1, 0.15) is 59.4 Å². The van der Waals surface area contributed by atoms with Crippen molar-refractivity contribution in [3.8, 4) is 22.5 Å². The van der Waals surface area contributed by atoms with E-state index in [1.807, 2.05) is 35.0 Å². The van der Waals surface area contributed by atoms with Gasteiger partial charge in [0.05, 0.1) is 6.61 Å². The largest absolute Gasteiger partial charge is 0.461 e. The second-order valence-corrected chi connectivity index (χ2v) is 13.1. The van der Waals surface area contributed by atoms with Gasteiger partial charge in [0.25, 0.3) is 0 Å². The number of nitrogens with zero attached hydrogens (tertiary/aromatic N) is 7. The van der Waals surface area contributed by atoms with Gasteiger partial charge in [-0.3, -0.25) is 0 Å². The zero-order valence-corrected chi connectivity index (χ0v) is 30.0. The molecule has 0 spiro atoms. The molecule has 0 aliphatic heterocycles. The quantitative estimate of drug-likeness (QED) is 0.0819. The van der Waals surface area contributed by atoms with Crippen LogP contribution in [0.5, 0.6) is 0 Å². The minimum Gasteiger partial charge on any atom is -0.461 e. The minimum atomic E-state index is -0.866. The lowest BCUT2D eigenvalue weighted by molar-refractivity contribution is 0.0520. The molecule has 0 unspecified atom stereocenters. The number of esters is 1. The lowest BCUT2D eigenvalue weighted by Gasteiger charge is -2.36. The van der Waals surface area contributed by atoms with E-state index in [4.69, 9.17) is 15.0 Å². The number of aromatic nitrogens is 6. The van der Waals surface area contributed by atoms with E-state index in [1.165, 1.54) is 11.5 Å². The summed E-state index contributed by atoms with van der Waals surface area (Å²) in [5.41, 5.74) is 6.57. The number of anilines is 1. The van der Waals surface area contributed by atoms with Crippen LogP contribution in [0.15, 0.2) is 140 Å². The van der Waals surface area contributed by atoms with Crippen LogP contribution in [0.2, 0.25) is 0 Å². The number of unbranched alkanes of at least 4 members (excludes halogenated alkanes) is 1. The Kier molecular flexibility index (Phi) is 10.5. The fourth-order valence-corrected chi connectivity index (χ4v) is 7.43. The Balaban J connectivity index is 1.29. The summed E-state index contributed by atoms with van der Waals surface area (Å²) in [6.45, 7) is 5.60. The molecule has 0 saturated carbocycles. The van der Waals surface area contributed by atoms with Crippen molar-refractivity contribution in [2.45, 2.75) is 38.8 Å². The highest BCUT2D eigenvalue weighted by Gasteiger charge is 2.42. The predicted octanol–water partition coefficient (Wildman–Crippen LogP) is 8.68. The number of benzene rings is 5. The monoisotopic (exact) mass is 705 g/mol. The molecular formula is C42H39N7O2S. The Labute approximate surface area is 307 Å². The Morgan fingerprint density at radius 2 is 1.31 bits per heavy atom. The van der Waals surface area contributed by atoms with Gasteiger partial charge < -0.3 is 9.64 Å². The van der Waals surface area contributed by atoms with Crippen LogP contribution >= 0.6 is 11.5 Å². The van der Waals surface area contributed by atoms with Gasteiger partial charge in [-0.1, -0.05) is 157 Å². The molecule has 52 heavy (non-hydrogen) atoms. The van der Waals surface area contributed by atoms with Crippen molar-refractivity contribution in [3.05, 3.63) is 167 Å². The smallest absolute Gasteiger partial charge is 0.362 e. The van der Waals surface area contributed by atoms with Crippen molar-refractivity contribution in [2.24, 2.45) is 0 Å². The summed E-state index contributed by atoms with van der Waals surface area (Å²) in [5, 5.41) is 18.6. The second kappa shape index (κ2) is 15.9. The first kappa shape index (κ1) is 34.4. The highest BCUT2D eigenvalue weighted by molar-refractivity contribution is 7.10. The predicted molar refractivity (Wildman–Crippen MR) is 205 cm³/mol. The lowest BCUT2D eigenvalue weighted by atomic mass is 9.77. The maximum atomic E-state index is 12.7. The van der Waals surface area contributed by atoms with Crippen molar-refractivity contribution in [3.63, 3.8) is 0 Å². The summed E-state index contributed by atoms with van der Waals surface area (Å²) in [7, 11) is 0. The third kappa shape index (κ3) is 6.72. The van der Waals surface area contributed by atoms with Crippen LogP contribution in [-0.4, -0.2) is 48.9 Å². The van der Waals surface area contributed by atoms with E-state index >= 15 is 0 Å². The fourth-order valence-electron chi connectivity index (χ4n) is 6.75. The van der Waals surface area contributed by atoms with Crippen molar-refractivity contribution in [1.29, 1.82) is 0 Å². The fraction of sp³-hybridized carbons (Fsp3) is 0.190. The number of ether oxygens (including phenoxy) is 1. The number of rotatable bonds is 14. The molecular weight excluding hydrogens is 667 g/mol. The molecule has 0 fully saturated rings. The molecule has 5 aromatic carbocycles. The van der Waals surface area contributed by atoms with E-state index in [2.05, 4.69) is 136 Å². The van der Waals surface area contributed by atoms with Crippen LogP contribution in [0.4, 0.5) is 5.00 Å². The highest BCUT2D eigenvalue weighted by Crippen LogP contribution is 2.43. The summed E-state index contributed by atoms with van der Waals surface area (Å²) in [4.78, 5) is 14.8. The number of hydrogen-bond acceptors (Lipinski definition) is 9. The van der Waals surface area contributed by atoms with Crippen molar-refractivity contribution < 1.29 is 9.53 Å². The van der Waals surface area contributed by atoms with Crippen molar-refractivity contribution in [1.82, 2.24) is 29.8 Å². The molecule has 0 amide bonds. The van der Waals surface area contributed by atoms with Crippen LogP contribution < -0.4 is 4.90 Å². The summed E-state index contributed by atoms with van der Waals surface area (Å²) < 4.78 is 11.3. The van der Waals surface area contributed by atoms with E-state index < -0.39 is 11.5 Å². The molecule has 7 aromatic rings. The van der Waals surface area contributed by atoms with Gasteiger partial charge in [0.1, 0.15) is 10.5 Å². The van der Waals surface area contributed by atoms with E-state index in [9.17, 15) is 4.79 Å². The molecule has 2 aromatic heterocycles. The average molecular weight is 706 g/mol. The molecule has 0 N–H and O–H groups in total. The van der Waals surface area contributed by atoms with Crippen molar-refractivity contribution >= 4 is 22.5 Å². The van der Waals surface area contributed by atoms with Gasteiger partial charge in [0.15, 0.2) is 5.82 Å². The molecule has 260 valence electrons. The van der Waals surface area contributed by atoms with Gasteiger partial charge in [-0.2, -0.15) is 0 Å². The van der Waals surface area contributed by atoms with Gasteiger partial charge in [-0.25, -0.2) is 9.48 Å². The van der Waals surface area contributed by atoms with Gasteiger partial charge in [0, 0.05) is 30.2 Å². The molecule has 0 radical (unpaired) electrons. The number of carbonyl (C=O) groups excluding carboxylic acids is 1. The normalized spacial score (nSPS) is 11.3. The first-order valence-corrected chi connectivity index (χ1v) is 18.3. The van der Waals surface area contributed by atoms with Gasteiger partial charge in [-0.05, 0) is 57.2 Å². The number of carbonyl (C=O) groups is 1. The molecule has 10 heteroatoms. The van der Waals surface area contributed by atoms with Gasteiger partial charge in [0.2, 0.25) is 5.69 Å². The molecule has 7 rings (SSSR count). The van der Waals surface area contributed by atoms with Gasteiger partial charge >= 0.3 is 5.97 Å². The summed E-state index contributed by atoms with van der Waals surface area (Å²) in [6.07, 6.45) is 1.99. The standard InChI is InChI=1S/C42H39N7O2S/c1-3-5-29-48(40-38(43-47-52-40)41(50)51-4-2)30-31-25-27-32(28-26-31)36-23-15-16-24-37(36)39-44-45-46-49(39)42(33-17-9-6-10-18-33,34-19-11-7-12-20-34)35-21-13-8-14-22-35/h6-28H,3-5,29-30H2,1-2H3. The average Bonchev–Trinajstić information content (AvgIpc) is 3.90. The van der Waals surface area contributed by atoms with E-state index in [-0.39, 0.29) is 12.3 Å². The number of hydrogen-bond donors (Lipinski definition) is 0. The Morgan fingerprint density at radius 1 is 0.731 bits per heavy atom. The maximum absolute atomic E-state index is 12.7. The molecule has 0 aliphatic carbocycles. The zero-order valence-electron chi connectivity index (χ0n) is 29.2. The lowest BCUT2D eigenvalue weighted by Crippen LogP contribution is -2.39. The van der Waals surface area contributed by atoms with E-state index in [0.29, 0.717) is 12.4 Å². The second-order valence-electron chi connectivity index (χ2n) is 12.4. The van der Waals surface area contributed by atoms with Crippen LogP contribution in [0, 0.1) is 0 Å². The van der Waals surface area contributed by atoms with E-state index in [1.54, 1.807) is 6.92 Å². The third-order valence-electron chi connectivity index (χ3n) is 9.18. The topological polar surface area (TPSA) is 98.9 Å². The number of tetrazole rings is 1. The van der Waals surface area contributed by atoms with Crippen LogP contribution in [0.3, 0.4) is 0 Å². The molecule has 2 heterocycles. The van der Waals surface area contributed by atoms with Crippen molar-refractivity contribution in [2.75, 3.05) is 18.1 Å². The summed E-state index contributed by atoms with van der Waals surface area (Å²) in [6, 6.07) is 48.0. The highest BCUT2D eigenvalue weighted by atomic mass is 32.1. The van der Waals surface area contributed by atoms with Crippen LogP contribution in [-0.2, 0) is 16.8 Å². The Morgan fingerprint density at radius 3 is 1.88 bits per heavy atom. The summed E-state index contributed by atoms with van der Waals surface area (Å²) >= 11 is 1.22. The molecule has 0 bridgehead atoms. The molecule has 0 saturated heterocycles. The minimum absolute atomic E-state index is 0.267. The molecule has 9 nitrogen and oxygen atoms in total. The Hall–Kier alpha value is -6.00. The molecule has 0 aliphatic rings. The maximum Gasteiger partial charge on any atom is 0.362 e. The first-order valence-electron chi connectivity index (χ1n) is 17.5. The first-order chi connectivity index (χ1) is 25.6. The SMILES string of the molecule is CCCCN(Cc1ccc(-c2ccccc2-c2nnnn2C(c2ccccc2)(c2ccccc2)c2ccccc2)cc1)c1snnc1C(=O)OCC. The van der Waals surface area contributed by atoms with Crippen LogP contribution in [0.25, 0.3) is 22.5 Å². The summed E-state index contributed by atoms with van der Waals surface area (Å²) in [5.74, 6) is 0.198. The van der Waals surface area contributed by atoms with E-state index in [0.717, 1.165) is 63.3 Å².